The molecule has 2 heterocycles. The van der Waals surface area contributed by atoms with Crippen LogP contribution in [0.3, 0.4) is 0 Å². The van der Waals surface area contributed by atoms with E-state index >= 15 is 0 Å². The van der Waals surface area contributed by atoms with Crippen LogP contribution in [0, 0.1) is 5.82 Å². The number of rotatable bonds is 5. The molecule has 1 N–H and O–H groups in total. The maximum absolute atomic E-state index is 13.0. The second-order valence-electron chi connectivity index (χ2n) is 6.56. The number of fused-ring (bicyclic) bond motifs is 1. The number of ether oxygens (including phenoxy) is 1. The second kappa shape index (κ2) is 6.85. The zero-order valence-corrected chi connectivity index (χ0v) is 13.7. The minimum Gasteiger partial charge on any atom is -0.477 e. The molecule has 2 aromatic rings. The van der Waals surface area contributed by atoms with Gasteiger partial charge in [-0.05, 0) is 43.5 Å². The minimum atomic E-state index is -0.206. The van der Waals surface area contributed by atoms with E-state index in [1.807, 2.05) is 0 Å². The molecule has 0 radical (unpaired) electrons. The van der Waals surface area contributed by atoms with Crippen molar-refractivity contribution in [3.63, 3.8) is 0 Å². The second-order valence-corrected chi connectivity index (χ2v) is 6.56. The van der Waals surface area contributed by atoms with Crippen LogP contribution in [0.2, 0.25) is 0 Å². The first-order chi connectivity index (χ1) is 11.8. The lowest BCUT2D eigenvalue weighted by atomic mass is 10.1. The first kappa shape index (κ1) is 15.5. The Labute approximate surface area is 141 Å². The first-order valence-corrected chi connectivity index (χ1v) is 8.77. The Morgan fingerprint density at radius 3 is 2.67 bits per heavy atom. The van der Waals surface area contributed by atoms with Crippen molar-refractivity contribution in [2.45, 2.75) is 38.0 Å². The summed E-state index contributed by atoms with van der Waals surface area (Å²) >= 11 is 0. The van der Waals surface area contributed by atoms with Gasteiger partial charge in [-0.25, -0.2) is 9.37 Å². The summed E-state index contributed by atoms with van der Waals surface area (Å²) < 4.78 is 19.0. The Bertz CT molecular complexity index is 713. The molecule has 0 amide bonds. The van der Waals surface area contributed by atoms with E-state index in [9.17, 15) is 4.39 Å². The molecule has 0 spiro atoms. The summed E-state index contributed by atoms with van der Waals surface area (Å²) in [5.41, 5.74) is 3.37. The van der Waals surface area contributed by atoms with Gasteiger partial charge in [0.05, 0.1) is 12.3 Å². The Hall–Kier alpha value is -2.01. The maximum atomic E-state index is 13.0. The normalized spacial score (nSPS) is 17.2. The number of aromatic nitrogens is 2. The third-order valence-corrected chi connectivity index (χ3v) is 4.65. The highest BCUT2D eigenvalue weighted by molar-refractivity contribution is 5.34. The van der Waals surface area contributed by atoms with Crippen LogP contribution >= 0.6 is 0 Å². The average molecular weight is 327 g/mol. The van der Waals surface area contributed by atoms with Crippen molar-refractivity contribution >= 4 is 0 Å². The Morgan fingerprint density at radius 1 is 1.08 bits per heavy atom. The largest absolute Gasteiger partial charge is 0.477 e. The molecule has 1 aromatic carbocycles. The lowest BCUT2D eigenvalue weighted by molar-refractivity contribution is 0.303. The summed E-state index contributed by atoms with van der Waals surface area (Å²) in [6.45, 7) is 2.45. The monoisotopic (exact) mass is 327 g/mol. The van der Waals surface area contributed by atoms with Gasteiger partial charge in [-0.3, -0.25) is 0 Å². The Morgan fingerprint density at radius 2 is 1.88 bits per heavy atom. The van der Waals surface area contributed by atoms with Crippen molar-refractivity contribution in [2.24, 2.45) is 0 Å². The molecule has 4 rings (SSSR count). The van der Waals surface area contributed by atoms with Gasteiger partial charge in [-0.15, -0.1) is 0 Å². The molecule has 1 aromatic heterocycles. The van der Waals surface area contributed by atoms with Crippen LogP contribution in [0.1, 0.15) is 41.4 Å². The van der Waals surface area contributed by atoms with Gasteiger partial charge in [0.25, 0.3) is 0 Å². The van der Waals surface area contributed by atoms with Gasteiger partial charge in [0.15, 0.2) is 0 Å². The molecule has 1 aliphatic heterocycles. The topological polar surface area (TPSA) is 47.0 Å². The fourth-order valence-electron chi connectivity index (χ4n) is 3.09. The molecule has 0 saturated heterocycles. The molecule has 1 fully saturated rings. The van der Waals surface area contributed by atoms with E-state index in [-0.39, 0.29) is 5.82 Å². The molecule has 2 aliphatic rings. The van der Waals surface area contributed by atoms with E-state index in [1.165, 1.54) is 25.0 Å². The number of hydrogen-bond donors (Lipinski definition) is 1. The minimum absolute atomic E-state index is 0.206. The fourth-order valence-corrected chi connectivity index (χ4v) is 3.09. The molecular formula is C19H22FN3O. The molecule has 0 unspecified atom stereocenters. The standard InChI is InChI=1S/C19H22FN3O/c20-15-5-1-13(2-6-15)9-12-24-19-16-7-10-21-11-8-17(16)22-18(23-19)14-3-4-14/h1-2,5-6,14,21H,3-4,7-12H2. The van der Waals surface area contributed by atoms with Gasteiger partial charge >= 0.3 is 0 Å². The predicted molar refractivity (Wildman–Crippen MR) is 89.9 cm³/mol. The molecular weight excluding hydrogens is 305 g/mol. The van der Waals surface area contributed by atoms with Gasteiger partial charge in [0.1, 0.15) is 11.6 Å². The maximum Gasteiger partial charge on any atom is 0.220 e. The van der Waals surface area contributed by atoms with E-state index in [2.05, 4.69) is 5.32 Å². The van der Waals surface area contributed by atoms with Crippen molar-refractivity contribution in [2.75, 3.05) is 19.7 Å². The van der Waals surface area contributed by atoms with Crippen LogP contribution in [0.4, 0.5) is 4.39 Å². The summed E-state index contributed by atoms with van der Waals surface area (Å²) in [7, 11) is 0. The molecule has 4 nitrogen and oxygen atoms in total. The van der Waals surface area contributed by atoms with Gasteiger partial charge in [0, 0.05) is 30.9 Å². The predicted octanol–water partition coefficient (Wildman–Crippen LogP) is 2.80. The van der Waals surface area contributed by atoms with Crippen LogP contribution < -0.4 is 10.1 Å². The van der Waals surface area contributed by atoms with E-state index in [0.717, 1.165) is 60.9 Å². The van der Waals surface area contributed by atoms with Crippen LogP contribution in [0.25, 0.3) is 0 Å². The molecule has 126 valence electrons. The summed E-state index contributed by atoms with van der Waals surface area (Å²) in [5.74, 6) is 2.02. The molecule has 0 bridgehead atoms. The van der Waals surface area contributed by atoms with Crippen molar-refractivity contribution in [3.05, 3.63) is 52.7 Å². The first-order valence-electron chi connectivity index (χ1n) is 8.77. The zero-order chi connectivity index (χ0) is 16.4. The van der Waals surface area contributed by atoms with E-state index in [1.54, 1.807) is 12.1 Å². The SMILES string of the molecule is Fc1ccc(CCOc2nc(C3CC3)nc3c2CCNCC3)cc1. The third-order valence-electron chi connectivity index (χ3n) is 4.65. The Balaban J connectivity index is 1.50. The Kier molecular flexibility index (Phi) is 4.43. The van der Waals surface area contributed by atoms with Crippen molar-refractivity contribution < 1.29 is 9.13 Å². The lowest BCUT2D eigenvalue weighted by Crippen LogP contribution is -2.16. The molecule has 1 aliphatic carbocycles. The van der Waals surface area contributed by atoms with Gasteiger partial charge < -0.3 is 10.1 Å². The highest BCUT2D eigenvalue weighted by Crippen LogP contribution is 2.39. The van der Waals surface area contributed by atoms with Gasteiger partial charge in [0.2, 0.25) is 5.88 Å². The molecule has 0 atom stereocenters. The van der Waals surface area contributed by atoms with Crippen LogP contribution in [0.5, 0.6) is 5.88 Å². The van der Waals surface area contributed by atoms with Gasteiger partial charge in [-0.2, -0.15) is 4.98 Å². The zero-order valence-electron chi connectivity index (χ0n) is 13.7. The fraction of sp³-hybridized carbons (Fsp3) is 0.474. The van der Waals surface area contributed by atoms with Crippen LogP contribution in [0.15, 0.2) is 24.3 Å². The molecule has 5 heteroatoms. The molecule has 24 heavy (non-hydrogen) atoms. The third kappa shape index (κ3) is 3.56. The van der Waals surface area contributed by atoms with Crippen molar-refractivity contribution in [3.8, 4) is 5.88 Å². The number of nitrogens with one attached hydrogen (secondary N) is 1. The van der Waals surface area contributed by atoms with E-state index < -0.39 is 0 Å². The summed E-state index contributed by atoms with van der Waals surface area (Å²) in [5, 5.41) is 3.41. The molecule has 1 saturated carbocycles. The lowest BCUT2D eigenvalue weighted by Gasteiger charge is -2.14. The average Bonchev–Trinajstić information content (AvgIpc) is 3.43. The van der Waals surface area contributed by atoms with Crippen LogP contribution in [-0.2, 0) is 19.3 Å². The van der Waals surface area contributed by atoms with E-state index in [4.69, 9.17) is 14.7 Å². The van der Waals surface area contributed by atoms with Crippen molar-refractivity contribution in [1.82, 2.24) is 15.3 Å². The summed E-state index contributed by atoms with van der Waals surface area (Å²) in [6.07, 6.45) is 4.96. The van der Waals surface area contributed by atoms with E-state index in [0.29, 0.717) is 12.5 Å². The van der Waals surface area contributed by atoms with Gasteiger partial charge in [-0.1, -0.05) is 12.1 Å². The number of hydrogen-bond acceptors (Lipinski definition) is 4. The highest BCUT2D eigenvalue weighted by Gasteiger charge is 2.29. The highest BCUT2D eigenvalue weighted by atomic mass is 19.1. The quantitative estimate of drug-likeness (QED) is 0.917. The number of benzene rings is 1. The smallest absolute Gasteiger partial charge is 0.220 e. The number of nitrogens with zero attached hydrogens (tertiary/aromatic N) is 2. The number of halogens is 1. The van der Waals surface area contributed by atoms with Crippen molar-refractivity contribution in [1.29, 1.82) is 0 Å². The van der Waals surface area contributed by atoms with Crippen LogP contribution in [-0.4, -0.2) is 29.7 Å². The summed E-state index contributed by atoms with van der Waals surface area (Å²) in [6, 6.07) is 6.59. The summed E-state index contributed by atoms with van der Waals surface area (Å²) in [4.78, 5) is 9.51.